The van der Waals surface area contributed by atoms with Crippen LogP contribution in [-0.4, -0.2) is 22.3 Å². The minimum absolute atomic E-state index is 0.0972. The van der Waals surface area contributed by atoms with E-state index in [1.54, 1.807) is 24.5 Å². The first kappa shape index (κ1) is 16.5. The number of amides is 1. The highest BCUT2D eigenvalue weighted by Gasteiger charge is 2.30. The summed E-state index contributed by atoms with van der Waals surface area (Å²) in [5, 5.41) is 0. The van der Waals surface area contributed by atoms with Gasteiger partial charge in [0, 0.05) is 24.5 Å². The lowest BCUT2D eigenvalue weighted by Gasteiger charge is -2.37. The highest BCUT2D eigenvalue weighted by atomic mass is 16.2. The second-order valence-electron chi connectivity index (χ2n) is 6.72. The van der Waals surface area contributed by atoms with Crippen LogP contribution in [0.2, 0.25) is 0 Å². The molecule has 0 fully saturated rings. The molecule has 1 aliphatic heterocycles. The number of aryl methyl sites for hydroxylation is 1. The summed E-state index contributed by atoms with van der Waals surface area (Å²) in [7, 11) is 0. The van der Waals surface area contributed by atoms with Crippen molar-refractivity contribution in [1.29, 1.82) is 0 Å². The van der Waals surface area contributed by atoms with Crippen LogP contribution in [0.15, 0.2) is 79.1 Å². The molecular weight excluding hydrogens is 320 g/mol. The lowest BCUT2D eigenvalue weighted by atomic mass is 9.88. The Hall–Kier alpha value is -2.94. The molecule has 0 spiro atoms. The monoisotopic (exact) mass is 342 g/mol. The van der Waals surface area contributed by atoms with Crippen molar-refractivity contribution in [1.82, 2.24) is 9.88 Å². The van der Waals surface area contributed by atoms with Gasteiger partial charge in [0.1, 0.15) is 0 Å². The maximum atomic E-state index is 13.1. The van der Waals surface area contributed by atoms with Crippen molar-refractivity contribution in [3.63, 3.8) is 0 Å². The molecule has 0 saturated carbocycles. The molecule has 26 heavy (non-hydrogen) atoms. The normalized spacial score (nSPS) is 16.2. The molecule has 1 unspecified atom stereocenters. The van der Waals surface area contributed by atoms with Gasteiger partial charge in [-0.25, -0.2) is 0 Å². The van der Waals surface area contributed by atoms with E-state index >= 15 is 0 Å². The van der Waals surface area contributed by atoms with E-state index in [0.717, 1.165) is 25.8 Å². The standard InChI is InChI=1S/C23H22N2O/c26-23(20-12-15-24-16-13-20)25-17-14-19-8-4-5-9-21(19)22(25)11-10-18-6-2-1-3-7-18/h1-9,12-13,15-16,22H,10-11,14,17H2. The Morgan fingerprint density at radius 2 is 1.69 bits per heavy atom. The van der Waals surface area contributed by atoms with Crippen LogP contribution in [0.3, 0.4) is 0 Å². The lowest BCUT2D eigenvalue weighted by Crippen LogP contribution is -2.40. The first-order valence-corrected chi connectivity index (χ1v) is 9.15. The van der Waals surface area contributed by atoms with Gasteiger partial charge in [0.2, 0.25) is 0 Å². The number of benzene rings is 2. The first-order chi connectivity index (χ1) is 12.8. The molecule has 3 aromatic rings. The molecule has 3 heteroatoms. The summed E-state index contributed by atoms with van der Waals surface area (Å²) in [6.45, 7) is 0.762. The molecule has 130 valence electrons. The second-order valence-corrected chi connectivity index (χ2v) is 6.72. The van der Waals surface area contributed by atoms with Gasteiger partial charge in [-0.05, 0) is 48.1 Å². The molecule has 0 aliphatic carbocycles. The summed E-state index contributed by atoms with van der Waals surface area (Å²) in [6, 6.07) is 22.8. The smallest absolute Gasteiger partial charge is 0.254 e. The van der Waals surface area contributed by atoms with Gasteiger partial charge in [0.25, 0.3) is 5.91 Å². The fourth-order valence-corrected chi connectivity index (χ4v) is 3.81. The highest BCUT2D eigenvalue weighted by Crippen LogP contribution is 2.34. The van der Waals surface area contributed by atoms with Crippen LogP contribution in [0, 0.1) is 0 Å². The molecule has 1 amide bonds. The van der Waals surface area contributed by atoms with Crippen molar-refractivity contribution in [2.45, 2.75) is 25.3 Å². The third kappa shape index (κ3) is 3.38. The Bertz CT molecular complexity index is 877. The minimum Gasteiger partial charge on any atom is -0.331 e. The number of fused-ring (bicyclic) bond motifs is 1. The van der Waals surface area contributed by atoms with Crippen LogP contribution in [0.5, 0.6) is 0 Å². The SMILES string of the molecule is O=C(c1ccncc1)N1CCc2ccccc2C1CCc1ccccc1. The Labute approximate surface area is 154 Å². The van der Waals surface area contributed by atoms with Crippen molar-refractivity contribution in [3.8, 4) is 0 Å². The van der Waals surface area contributed by atoms with E-state index in [1.165, 1.54) is 16.7 Å². The van der Waals surface area contributed by atoms with Crippen LogP contribution in [-0.2, 0) is 12.8 Å². The lowest BCUT2D eigenvalue weighted by molar-refractivity contribution is 0.0650. The van der Waals surface area contributed by atoms with Gasteiger partial charge in [-0.2, -0.15) is 0 Å². The molecule has 1 aromatic heterocycles. The number of aromatic nitrogens is 1. The average Bonchev–Trinajstić information content (AvgIpc) is 2.73. The predicted molar refractivity (Wildman–Crippen MR) is 103 cm³/mol. The van der Waals surface area contributed by atoms with E-state index in [9.17, 15) is 4.79 Å². The van der Waals surface area contributed by atoms with Gasteiger partial charge >= 0.3 is 0 Å². The Balaban J connectivity index is 1.63. The quantitative estimate of drug-likeness (QED) is 0.701. The second kappa shape index (κ2) is 7.52. The van der Waals surface area contributed by atoms with Gasteiger partial charge < -0.3 is 4.90 Å². The summed E-state index contributed by atoms with van der Waals surface area (Å²) in [5.41, 5.74) is 4.68. The number of rotatable bonds is 4. The molecule has 1 aliphatic rings. The number of pyridine rings is 1. The topological polar surface area (TPSA) is 33.2 Å². The largest absolute Gasteiger partial charge is 0.331 e. The summed E-state index contributed by atoms with van der Waals surface area (Å²) < 4.78 is 0. The molecule has 2 aromatic carbocycles. The molecule has 0 radical (unpaired) electrons. The summed E-state index contributed by atoms with van der Waals surface area (Å²) in [4.78, 5) is 19.2. The fourth-order valence-electron chi connectivity index (χ4n) is 3.81. The van der Waals surface area contributed by atoms with Crippen molar-refractivity contribution in [3.05, 3.63) is 101 Å². The molecule has 0 saturated heterocycles. The third-order valence-corrected chi connectivity index (χ3v) is 5.15. The molecule has 4 rings (SSSR count). The van der Waals surface area contributed by atoms with Gasteiger partial charge in [0.05, 0.1) is 6.04 Å². The molecular formula is C23H22N2O. The molecule has 0 bridgehead atoms. The van der Waals surface area contributed by atoms with Crippen molar-refractivity contribution >= 4 is 5.91 Å². The van der Waals surface area contributed by atoms with E-state index in [-0.39, 0.29) is 11.9 Å². The third-order valence-electron chi connectivity index (χ3n) is 5.15. The number of carbonyl (C=O) groups is 1. The molecule has 3 nitrogen and oxygen atoms in total. The van der Waals surface area contributed by atoms with Gasteiger partial charge in [-0.1, -0.05) is 54.6 Å². The van der Waals surface area contributed by atoms with Crippen LogP contribution >= 0.6 is 0 Å². The van der Waals surface area contributed by atoms with E-state index in [2.05, 4.69) is 53.5 Å². The minimum atomic E-state index is 0.0972. The van der Waals surface area contributed by atoms with Crippen LogP contribution in [0.25, 0.3) is 0 Å². The zero-order chi connectivity index (χ0) is 17.8. The summed E-state index contributed by atoms with van der Waals surface area (Å²) in [6.07, 6.45) is 6.17. The molecule has 0 N–H and O–H groups in total. The number of hydrogen-bond acceptors (Lipinski definition) is 2. The van der Waals surface area contributed by atoms with E-state index in [0.29, 0.717) is 5.56 Å². The fraction of sp³-hybridized carbons (Fsp3) is 0.217. The van der Waals surface area contributed by atoms with E-state index in [4.69, 9.17) is 0 Å². The van der Waals surface area contributed by atoms with Crippen LogP contribution < -0.4 is 0 Å². The Morgan fingerprint density at radius 3 is 2.50 bits per heavy atom. The van der Waals surface area contributed by atoms with Crippen LogP contribution in [0.1, 0.15) is 39.5 Å². The van der Waals surface area contributed by atoms with E-state index in [1.807, 2.05) is 11.0 Å². The Kier molecular flexibility index (Phi) is 4.78. The highest BCUT2D eigenvalue weighted by molar-refractivity contribution is 5.94. The average molecular weight is 342 g/mol. The van der Waals surface area contributed by atoms with Gasteiger partial charge in [-0.15, -0.1) is 0 Å². The first-order valence-electron chi connectivity index (χ1n) is 9.15. The zero-order valence-electron chi connectivity index (χ0n) is 14.7. The van der Waals surface area contributed by atoms with Crippen molar-refractivity contribution < 1.29 is 4.79 Å². The number of hydrogen-bond donors (Lipinski definition) is 0. The predicted octanol–water partition coefficient (Wildman–Crippen LogP) is 4.45. The van der Waals surface area contributed by atoms with Crippen LogP contribution in [0.4, 0.5) is 0 Å². The summed E-state index contributed by atoms with van der Waals surface area (Å²) in [5.74, 6) is 0.0972. The van der Waals surface area contributed by atoms with Crippen molar-refractivity contribution in [2.75, 3.05) is 6.54 Å². The number of carbonyl (C=O) groups excluding carboxylic acids is 1. The summed E-state index contributed by atoms with van der Waals surface area (Å²) >= 11 is 0. The zero-order valence-corrected chi connectivity index (χ0v) is 14.7. The molecule has 2 heterocycles. The van der Waals surface area contributed by atoms with E-state index < -0.39 is 0 Å². The maximum Gasteiger partial charge on any atom is 0.254 e. The number of nitrogens with zero attached hydrogens (tertiary/aromatic N) is 2. The Morgan fingerprint density at radius 1 is 0.962 bits per heavy atom. The maximum absolute atomic E-state index is 13.1. The van der Waals surface area contributed by atoms with Crippen molar-refractivity contribution in [2.24, 2.45) is 0 Å². The van der Waals surface area contributed by atoms with Gasteiger partial charge in [0.15, 0.2) is 0 Å². The van der Waals surface area contributed by atoms with Gasteiger partial charge in [-0.3, -0.25) is 9.78 Å². The molecule has 1 atom stereocenters.